The minimum atomic E-state index is 0.0676. The van der Waals surface area contributed by atoms with Gasteiger partial charge in [-0.25, -0.2) is 0 Å². The fourth-order valence-corrected chi connectivity index (χ4v) is 2.43. The van der Waals surface area contributed by atoms with Crippen LogP contribution in [0, 0.1) is 0 Å². The lowest BCUT2D eigenvalue weighted by Gasteiger charge is -2.11. The first-order valence-electron chi connectivity index (χ1n) is 5.36. The van der Waals surface area contributed by atoms with Crippen LogP contribution in [0.15, 0.2) is 12.1 Å². The summed E-state index contributed by atoms with van der Waals surface area (Å²) in [5.74, 6) is 0.0676. The van der Waals surface area contributed by atoms with E-state index in [4.69, 9.17) is 11.6 Å². The number of halogens is 1. The fraction of sp³-hybridized carbons (Fsp3) is 0.545. The number of carbonyl (C=O) groups is 1. The Labute approximate surface area is 105 Å². The zero-order valence-corrected chi connectivity index (χ0v) is 11.1. The Hall–Kier alpha value is -0.580. The molecule has 0 aliphatic carbocycles. The topological polar surface area (TPSA) is 41.1 Å². The van der Waals surface area contributed by atoms with Gasteiger partial charge in [0.1, 0.15) is 0 Å². The minimum absolute atomic E-state index is 0.0676. The van der Waals surface area contributed by atoms with Crippen molar-refractivity contribution in [3.63, 3.8) is 0 Å². The lowest BCUT2D eigenvalue weighted by atomic mass is 10.2. The second-order valence-corrected chi connectivity index (χ2v) is 5.45. The second kappa shape index (κ2) is 6.89. The Morgan fingerprint density at radius 1 is 1.56 bits per heavy atom. The third-order valence-corrected chi connectivity index (χ3v) is 3.36. The van der Waals surface area contributed by atoms with E-state index in [9.17, 15) is 4.79 Å². The Bertz CT molecular complexity index is 340. The molecule has 1 aromatic heterocycles. The van der Waals surface area contributed by atoms with Crippen LogP contribution in [0.4, 0.5) is 0 Å². The van der Waals surface area contributed by atoms with Crippen LogP contribution in [-0.4, -0.2) is 18.5 Å². The summed E-state index contributed by atoms with van der Waals surface area (Å²) >= 11 is 7.29. The van der Waals surface area contributed by atoms with Crippen LogP contribution in [0.2, 0.25) is 4.34 Å². The third kappa shape index (κ3) is 4.96. The highest BCUT2D eigenvalue weighted by Gasteiger charge is 2.07. The van der Waals surface area contributed by atoms with E-state index < -0.39 is 0 Å². The molecule has 1 rings (SSSR count). The van der Waals surface area contributed by atoms with Gasteiger partial charge in [0, 0.05) is 17.3 Å². The quantitative estimate of drug-likeness (QED) is 0.825. The molecule has 1 aromatic rings. The predicted octanol–water partition coefficient (Wildman–Crippen LogP) is 2.41. The third-order valence-electron chi connectivity index (χ3n) is 2.13. The summed E-state index contributed by atoms with van der Waals surface area (Å²) in [6.07, 6.45) is 0.507. The maximum absolute atomic E-state index is 11.5. The highest BCUT2D eigenvalue weighted by Crippen LogP contribution is 2.20. The molecule has 0 aromatic carbocycles. The number of carbonyl (C=O) groups excluding carboxylic acids is 1. The Morgan fingerprint density at radius 3 is 2.88 bits per heavy atom. The Kier molecular flexibility index (Phi) is 5.80. The summed E-state index contributed by atoms with van der Waals surface area (Å²) in [7, 11) is 0. The number of thiophene rings is 1. The average Bonchev–Trinajstić information content (AvgIpc) is 2.61. The number of nitrogens with one attached hydrogen (secondary N) is 2. The molecule has 3 nitrogen and oxygen atoms in total. The molecule has 0 fully saturated rings. The van der Waals surface area contributed by atoms with Crippen LogP contribution in [0.25, 0.3) is 0 Å². The van der Waals surface area contributed by atoms with Gasteiger partial charge in [0.2, 0.25) is 5.91 Å². The maximum Gasteiger partial charge on any atom is 0.221 e. The molecule has 1 atom stereocenters. The molecule has 0 aliphatic rings. The van der Waals surface area contributed by atoms with Gasteiger partial charge in [0.25, 0.3) is 0 Å². The molecule has 1 heterocycles. The molecule has 0 saturated heterocycles. The molecule has 90 valence electrons. The van der Waals surface area contributed by atoms with Gasteiger partial charge in [-0.3, -0.25) is 4.79 Å². The maximum atomic E-state index is 11.5. The first-order valence-corrected chi connectivity index (χ1v) is 6.55. The highest BCUT2D eigenvalue weighted by molar-refractivity contribution is 7.16. The van der Waals surface area contributed by atoms with Crippen molar-refractivity contribution in [2.45, 2.75) is 32.9 Å². The Balaban J connectivity index is 2.25. The zero-order valence-electron chi connectivity index (χ0n) is 9.55. The van der Waals surface area contributed by atoms with Crippen molar-refractivity contribution in [2.75, 3.05) is 6.54 Å². The monoisotopic (exact) mass is 260 g/mol. The molecule has 5 heteroatoms. The predicted molar refractivity (Wildman–Crippen MR) is 68.9 cm³/mol. The largest absolute Gasteiger partial charge is 0.351 e. The summed E-state index contributed by atoms with van der Waals surface area (Å²) in [6.45, 7) is 5.48. The standard InChI is InChI=1S/C11H17ClN2OS/c1-3-13-8(2)6-11(15)14-7-9-4-5-10(12)16-9/h4-5,8,13H,3,6-7H2,1-2H3,(H,14,15). The van der Waals surface area contributed by atoms with E-state index in [0.29, 0.717) is 13.0 Å². The van der Waals surface area contributed by atoms with Crippen LogP contribution in [0.5, 0.6) is 0 Å². The molecule has 2 N–H and O–H groups in total. The molecule has 0 aliphatic heterocycles. The summed E-state index contributed by atoms with van der Waals surface area (Å²) in [4.78, 5) is 12.6. The van der Waals surface area contributed by atoms with Gasteiger partial charge in [0.05, 0.1) is 10.9 Å². The van der Waals surface area contributed by atoms with E-state index in [1.807, 2.05) is 26.0 Å². The van der Waals surface area contributed by atoms with Gasteiger partial charge in [0.15, 0.2) is 0 Å². The van der Waals surface area contributed by atoms with E-state index in [1.54, 1.807) is 0 Å². The SMILES string of the molecule is CCNC(C)CC(=O)NCc1ccc(Cl)s1. The van der Waals surface area contributed by atoms with Gasteiger partial charge in [-0.2, -0.15) is 0 Å². The number of amides is 1. The summed E-state index contributed by atoms with van der Waals surface area (Å²) < 4.78 is 0.755. The molecular formula is C11H17ClN2OS. The van der Waals surface area contributed by atoms with Crippen molar-refractivity contribution in [1.29, 1.82) is 0 Å². The smallest absolute Gasteiger partial charge is 0.221 e. The van der Waals surface area contributed by atoms with Gasteiger partial charge < -0.3 is 10.6 Å². The van der Waals surface area contributed by atoms with Crippen molar-refractivity contribution >= 4 is 28.8 Å². The Morgan fingerprint density at radius 2 is 2.31 bits per heavy atom. The normalized spacial score (nSPS) is 12.4. The lowest BCUT2D eigenvalue weighted by Crippen LogP contribution is -2.33. The van der Waals surface area contributed by atoms with E-state index in [2.05, 4.69) is 10.6 Å². The highest BCUT2D eigenvalue weighted by atomic mass is 35.5. The van der Waals surface area contributed by atoms with E-state index >= 15 is 0 Å². The van der Waals surface area contributed by atoms with Crippen LogP contribution in [0.1, 0.15) is 25.1 Å². The molecule has 16 heavy (non-hydrogen) atoms. The van der Waals surface area contributed by atoms with Gasteiger partial charge in [-0.15, -0.1) is 11.3 Å². The zero-order chi connectivity index (χ0) is 12.0. The molecule has 1 amide bonds. The number of hydrogen-bond acceptors (Lipinski definition) is 3. The van der Waals surface area contributed by atoms with Crippen molar-refractivity contribution in [3.05, 3.63) is 21.3 Å². The van der Waals surface area contributed by atoms with Crippen molar-refractivity contribution in [2.24, 2.45) is 0 Å². The van der Waals surface area contributed by atoms with E-state index in [-0.39, 0.29) is 11.9 Å². The van der Waals surface area contributed by atoms with Gasteiger partial charge in [-0.1, -0.05) is 18.5 Å². The first kappa shape index (κ1) is 13.5. The summed E-state index contributed by atoms with van der Waals surface area (Å²) in [5.41, 5.74) is 0. The molecule has 1 unspecified atom stereocenters. The van der Waals surface area contributed by atoms with Gasteiger partial charge in [-0.05, 0) is 25.6 Å². The van der Waals surface area contributed by atoms with Crippen molar-refractivity contribution in [3.8, 4) is 0 Å². The summed E-state index contributed by atoms with van der Waals surface area (Å²) in [6, 6.07) is 3.99. The minimum Gasteiger partial charge on any atom is -0.351 e. The van der Waals surface area contributed by atoms with Crippen LogP contribution < -0.4 is 10.6 Å². The second-order valence-electron chi connectivity index (χ2n) is 3.65. The van der Waals surface area contributed by atoms with Crippen molar-refractivity contribution < 1.29 is 4.79 Å². The van der Waals surface area contributed by atoms with Gasteiger partial charge >= 0.3 is 0 Å². The van der Waals surface area contributed by atoms with Crippen LogP contribution in [0.3, 0.4) is 0 Å². The molecular weight excluding hydrogens is 244 g/mol. The van der Waals surface area contributed by atoms with E-state index in [1.165, 1.54) is 11.3 Å². The molecule has 0 spiro atoms. The molecule has 0 saturated carbocycles. The number of hydrogen-bond donors (Lipinski definition) is 2. The number of rotatable bonds is 6. The average molecular weight is 261 g/mol. The summed E-state index contributed by atoms with van der Waals surface area (Å²) in [5, 5.41) is 6.07. The first-order chi connectivity index (χ1) is 7.61. The van der Waals surface area contributed by atoms with Crippen molar-refractivity contribution in [1.82, 2.24) is 10.6 Å². The van der Waals surface area contributed by atoms with Crippen LogP contribution in [-0.2, 0) is 11.3 Å². The van der Waals surface area contributed by atoms with E-state index in [0.717, 1.165) is 15.8 Å². The molecule has 0 radical (unpaired) electrons. The fourth-order valence-electron chi connectivity index (χ4n) is 1.40. The van der Waals surface area contributed by atoms with Crippen LogP contribution >= 0.6 is 22.9 Å². The molecule has 0 bridgehead atoms. The lowest BCUT2D eigenvalue weighted by molar-refractivity contribution is -0.121.